The van der Waals surface area contributed by atoms with E-state index < -0.39 is 6.43 Å². The lowest BCUT2D eigenvalue weighted by molar-refractivity contribution is -0.132. The van der Waals surface area contributed by atoms with Crippen LogP contribution < -0.4 is 0 Å². The second-order valence-electron chi connectivity index (χ2n) is 9.62. The van der Waals surface area contributed by atoms with Crippen molar-refractivity contribution in [2.24, 2.45) is 0 Å². The summed E-state index contributed by atoms with van der Waals surface area (Å²) < 4.78 is 29.1. The molecule has 0 atom stereocenters. The summed E-state index contributed by atoms with van der Waals surface area (Å²) in [5, 5.41) is 5.27. The molecule has 35 heavy (non-hydrogen) atoms. The Hall–Kier alpha value is -3.29. The van der Waals surface area contributed by atoms with Gasteiger partial charge in [-0.1, -0.05) is 13.0 Å². The Labute approximate surface area is 203 Å². The zero-order chi connectivity index (χ0) is 24.7. The number of hydrogen-bond donors (Lipinski definition) is 1. The number of halogens is 2. The van der Waals surface area contributed by atoms with Crippen molar-refractivity contribution in [3.8, 4) is 11.3 Å². The topological polar surface area (TPSA) is 66.3 Å². The molecule has 184 valence electrons. The number of aromatic nitrogens is 4. The lowest BCUT2D eigenvalue weighted by atomic mass is 9.88. The summed E-state index contributed by atoms with van der Waals surface area (Å²) in [6.45, 7) is 7.32. The summed E-state index contributed by atoms with van der Waals surface area (Å²) in [6.07, 6.45) is 2.32. The molecule has 1 N–H and O–H groups in total. The van der Waals surface area contributed by atoms with Crippen LogP contribution in [0, 0.1) is 13.8 Å². The number of carbonyl (C=O) groups is 1. The monoisotopic (exact) mass is 479 g/mol. The van der Waals surface area contributed by atoms with Gasteiger partial charge in [0.05, 0.1) is 5.69 Å². The highest BCUT2D eigenvalue weighted by Crippen LogP contribution is 2.36. The number of aromatic amines is 1. The third-order valence-electron chi connectivity index (χ3n) is 7.08. The minimum absolute atomic E-state index is 0.228. The first-order valence-corrected chi connectivity index (χ1v) is 12.4. The highest BCUT2D eigenvalue weighted by Gasteiger charge is 2.25. The van der Waals surface area contributed by atoms with Gasteiger partial charge in [0.15, 0.2) is 5.65 Å². The summed E-state index contributed by atoms with van der Waals surface area (Å²) in [4.78, 5) is 22.1. The van der Waals surface area contributed by atoms with Crippen molar-refractivity contribution in [1.82, 2.24) is 24.5 Å². The Morgan fingerprint density at radius 3 is 2.69 bits per heavy atom. The van der Waals surface area contributed by atoms with Crippen LogP contribution in [0.25, 0.3) is 27.8 Å². The van der Waals surface area contributed by atoms with E-state index in [1.165, 1.54) is 0 Å². The van der Waals surface area contributed by atoms with E-state index in [1.807, 2.05) is 44.0 Å². The highest BCUT2D eigenvalue weighted by atomic mass is 19.3. The van der Waals surface area contributed by atoms with Crippen molar-refractivity contribution in [3.63, 3.8) is 0 Å². The standard InChI is InChI=1S/C27H31F2N5O/c1-4-5-25(35)33-10-8-18(9-11-33)19-6-7-23-21(13-19)22(14-24(28)29)26(31-23)20-12-16(2)27-30-17(3)32-34(27)15-20/h6-7,12-13,15,18,24,31H,4-5,8-11,14H2,1-3H3. The number of benzene rings is 1. The van der Waals surface area contributed by atoms with E-state index in [1.54, 1.807) is 4.52 Å². The number of carbonyl (C=O) groups excluding carboxylic acids is 1. The minimum atomic E-state index is -2.46. The lowest BCUT2D eigenvalue weighted by Gasteiger charge is -2.32. The average molecular weight is 480 g/mol. The van der Waals surface area contributed by atoms with E-state index in [0.29, 0.717) is 29.4 Å². The summed E-state index contributed by atoms with van der Waals surface area (Å²) >= 11 is 0. The van der Waals surface area contributed by atoms with Crippen LogP contribution in [0.5, 0.6) is 0 Å². The number of fused-ring (bicyclic) bond motifs is 2. The molecule has 1 aromatic carbocycles. The molecule has 0 bridgehead atoms. The van der Waals surface area contributed by atoms with Gasteiger partial charge < -0.3 is 9.88 Å². The summed E-state index contributed by atoms with van der Waals surface area (Å²) in [5.74, 6) is 1.21. The zero-order valence-electron chi connectivity index (χ0n) is 20.4. The van der Waals surface area contributed by atoms with Crippen LogP contribution in [0.4, 0.5) is 8.78 Å². The fraction of sp³-hybridized carbons (Fsp3) is 0.444. The Kier molecular flexibility index (Phi) is 6.30. The van der Waals surface area contributed by atoms with E-state index in [2.05, 4.69) is 27.2 Å². The van der Waals surface area contributed by atoms with Gasteiger partial charge in [0.1, 0.15) is 5.82 Å². The largest absolute Gasteiger partial charge is 0.354 e. The molecule has 0 radical (unpaired) electrons. The van der Waals surface area contributed by atoms with Crippen molar-refractivity contribution in [3.05, 3.63) is 53.0 Å². The van der Waals surface area contributed by atoms with Crippen molar-refractivity contribution in [1.29, 1.82) is 0 Å². The predicted molar refractivity (Wildman–Crippen MR) is 133 cm³/mol. The number of amides is 1. The van der Waals surface area contributed by atoms with E-state index >= 15 is 0 Å². The second kappa shape index (κ2) is 9.40. The Balaban J connectivity index is 1.51. The molecule has 1 aliphatic rings. The number of nitrogens with one attached hydrogen (secondary N) is 1. The molecule has 0 unspecified atom stereocenters. The lowest BCUT2D eigenvalue weighted by Crippen LogP contribution is -2.37. The molecule has 3 aromatic heterocycles. The quantitative estimate of drug-likeness (QED) is 0.380. The molecule has 4 heterocycles. The van der Waals surface area contributed by atoms with Crippen LogP contribution in [-0.2, 0) is 11.2 Å². The number of alkyl halides is 2. The number of H-pyrrole nitrogens is 1. The fourth-order valence-electron chi connectivity index (χ4n) is 5.36. The van der Waals surface area contributed by atoms with Gasteiger partial charge in [-0.05, 0) is 73.9 Å². The maximum Gasteiger partial charge on any atom is 0.242 e. The van der Waals surface area contributed by atoms with E-state index in [4.69, 9.17) is 0 Å². The molecule has 1 aliphatic heterocycles. The van der Waals surface area contributed by atoms with Crippen molar-refractivity contribution in [2.75, 3.05) is 13.1 Å². The molecule has 6 nitrogen and oxygen atoms in total. The van der Waals surface area contributed by atoms with Gasteiger partial charge in [0.25, 0.3) is 0 Å². The smallest absolute Gasteiger partial charge is 0.242 e. The van der Waals surface area contributed by atoms with Crippen molar-refractivity contribution >= 4 is 22.5 Å². The van der Waals surface area contributed by atoms with Crippen molar-refractivity contribution < 1.29 is 13.6 Å². The Morgan fingerprint density at radius 1 is 1.20 bits per heavy atom. The van der Waals surface area contributed by atoms with Crippen LogP contribution in [0.1, 0.15) is 61.0 Å². The number of likely N-dealkylation sites (tertiary alicyclic amines) is 1. The van der Waals surface area contributed by atoms with Gasteiger partial charge in [-0.15, -0.1) is 0 Å². The molecular weight excluding hydrogens is 448 g/mol. The third kappa shape index (κ3) is 4.54. The summed E-state index contributed by atoms with van der Waals surface area (Å²) in [5.41, 5.74) is 5.86. The first kappa shape index (κ1) is 23.5. The average Bonchev–Trinajstić information content (AvgIpc) is 3.39. The normalized spacial score (nSPS) is 15.1. The Bertz CT molecular complexity index is 1380. The van der Waals surface area contributed by atoms with E-state index in [-0.39, 0.29) is 12.3 Å². The number of rotatable bonds is 6. The maximum absolute atomic E-state index is 13.7. The molecular formula is C27H31F2N5O. The van der Waals surface area contributed by atoms with Gasteiger partial charge in [-0.25, -0.2) is 18.3 Å². The van der Waals surface area contributed by atoms with Crippen LogP contribution in [0.3, 0.4) is 0 Å². The molecule has 8 heteroatoms. The van der Waals surface area contributed by atoms with E-state index in [0.717, 1.165) is 65.6 Å². The molecule has 1 saturated heterocycles. The van der Waals surface area contributed by atoms with Crippen LogP contribution >= 0.6 is 0 Å². The highest BCUT2D eigenvalue weighted by molar-refractivity contribution is 5.91. The molecule has 0 saturated carbocycles. The predicted octanol–water partition coefficient (Wildman–Crippen LogP) is 5.81. The Morgan fingerprint density at radius 2 is 1.97 bits per heavy atom. The molecule has 5 rings (SSSR count). The molecule has 0 spiro atoms. The van der Waals surface area contributed by atoms with Gasteiger partial charge in [-0.3, -0.25) is 4.79 Å². The van der Waals surface area contributed by atoms with Crippen LogP contribution in [0.15, 0.2) is 30.5 Å². The molecule has 0 aliphatic carbocycles. The van der Waals surface area contributed by atoms with Gasteiger partial charge >= 0.3 is 0 Å². The summed E-state index contributed by atoms with van der Waals surface area (Å²) in [6, 6.07) is 8.15. The third-order valence-corrected chi connectivity index (χ3v) is 7.08. The van der Waals surface area contributed by atoms with Gasteiger partial charge in [0.2, 0.25) is 12.3 Å². The fourth-order valence-corrected chi connectivity index (χ4v) is 5.36. The van der Waals surface area contributed by atoms with Crippen molar-refractivity contribution in [2.45, 2.75) is 65.2 Å². The maximum atomic E-state index is 13.7. The van der Waals surface area contributed by atoms with Gasteiger partial charge in [-0.2, -0.15) is 5.10 Å². The number of piperidine rings is 1. The number of aryl methyl sites for hydroxylation is 2. The SMILES string of the molecule is CCCC(=O)N1CCC(c2ccc3[nH]c(-c4cc(C)c5nc(C)nn5c4)c(CC(F)F)c3c2)CC1. The molecule has 1 fully saturated rings. The molecule has 1 amide bonds. The van der Waals surface area contributed by atoms with Gasteiger partial charge in [0, 0.05) is 48.6 Å². The van der Waals surface area contributed by atoms with Crippen LogP contribution in [0.2, 0.25) is 0 Å². The number of hydrogen-bond acceptors (Lipinski definition) is 3. The second-order valence-corrected chi connectivity index (χ2v) is 9.62. The first-order valence-electron chi connectivity index (χ1n) is 12.4. The number of nitrogens with zero attached hydrogens (tertiary/aromatic N) is 4. The van der Waals surface area contributed by atoms with E-state index in [9.17, 15) is 13.6 Å². The van der Waals surface area contributed by atoms with Crippen LogP contribution in [-0.4, -0.2) is 49.9 Å². The minimum Gasteiger partial charge on any atom is -0.354 e. The number of pyridine rings is 1. The summed E-state index contributed by atoms with van der Waals surface area (Å²) in [7, 11) is 0. The zero-order valence-corrected chi connectivity index (χ0v) is 20.4. The molecule has 4 aromatic rings. The first-order chi connectivity index (χ1) is 16.8.